The van der Waals surface area contributed by atoms with Crippen molar-refractivity contribution in [3.63, 3.8) is 0 Å². The fraction of sp³-hybridized carbons (Fsp3) is 0.867. The summed E-state index contributed by atoms with van der Waals surface area (Å²) in [4.78, 5) is 9.36. The average Bonchev–Trinajstić information content (AvgIpc) is 2.77. The lowest BCUT2D eigenvalue weighted by molar-refractivity contribution is 0.175. The van der Waals surface area contributed by atoms with Gasteiger partial charge in [-0.1, -0.05) is 6.92 Å². The van der Waals surface area contributed by atoms with Crippen LogP contribution in [-0.2, 0) is 13.5 Å². The van der Waals surface area contributed by atoms with Crippen molar-refractivity contribution >= 4 is 0 Å². The molecule has 0 bridgehead atoms. The molecule has 0 radical (unpaired) electrons. The van der Waals surface area contributed by atoms with Crippen LogP contribution < -0.4 is 5.32 Å². The van der Waals surface area contributed by atoms with E-state index in [4.69, 9.17) is 0 Å². The quantitative estimate of drug-likeness (QED) is 0.821. The van der Waals surface area contributed by atoms with Crippen molar-refractivity contribution in [1.29, 1.82) is 0 Å². The number of hydrogen-bond donors (Lipinski definition) is 1. The summed E-state index contributed by atoms with van der Waals surface area (Å²) in [7, 11) is 6.45. The molecule has 1 fully saturated rings. The fourth-order valence-corrected chi connectivity index (χ4v) is 3.12. The van der Waals surface area contributed by atoms with Crippen molar-refractivity contribution in [2.24, 2.45) is 7.05 Å². The number of nitrogens with one attached hydrogen (secondary N) is 1. The number of aromatic nitrogens is 3. The molecule has 1 aromatic rings. The molecular formula is C15H30N6. The van der Waals surface area contributed by atoms with Gasteiger partial charge in [-0.15, -0.1) is 0 Å². The van der Waals surface area contributed by atoms with Gasteiger partial charge in [0.2, 0.25) is 0 Å². The van der Waals surface area contributed by atoms with Crippen LogP contribution in [0.4, 0.5) is 0 Å². The van der Waals surface area contributed by atoms with E-state index in [1.807, 2.05) is 11.7 Å². The first-order valence-corrected chi connectivity index (χ1v) is 8.06. The van der Waals surface area contributed by atoms with Crippen LogP contribution in [-0.4, -0.2) is 76.9 Å². The van der Waals surface area contributed by atoms with Crippen LogP contribution in [0.3, 0.4) is 0 Å². The maximum Gasteiger partial charge on any atom is 0.138 e. The second-order valence-corrected chi connectivity index (χ2v) is 6.23. The minimum Gasteiger partial charge on any atom is -0.312 e. The Morgan fingerprint density at radius 1 is 1.33 bits per heavy atom. The third-order valence-corrected chi connectivity index (χ3v) is 4.44. The molecule has 120 valence electrons. The summed E-state index contributed by atoms with van der Waals surface area (Å²) in [6, 6.07) is 0.930. The van der Waals surface area contributed by atoms with Crippen LogP contribution >= 0.6 is 0 Å². The van der Waals surface area contributed by atoms with Crippen LogP contribution in [0.2, 0.25) is 0 Å². The summed E-state index contributed by atoms with van der Waals surface area (Å²) < 4.78 is 1.89. The molecule has 6 heteroatoms. The van der Waals surface area contributed by atoms with Crippen LogP contribution in [0.5, 0.6) is 0 Å². The first-order valence-electron chi connectivity index (χ1n) is 8.06. The predicted octanol–water partition coefficient (Wildman–Crippen LogP) is 0.362. The molecule has 1 aromatic heterocycles. The highest BCUT2D eigenvalue weighted by atomic mass is 15.3. The van der Waals surface area contributed by atoms with E-state index in [-0.39, 0.29) is 0 Å². The summed E-state index contributed by atoms with van der Waals surface area (Å²) in [5.74, 6) is 1.06. The van der Waals surface area contributed by atoms with E-state index in [0.717, 1.165) is 38.3 Å². The zero-order chi connectivity index (χ0) is 15.2. The molecule has 2 unspecified atom stereocenters. The highest BCUT2D eigenvalue weighted by Gasteiger charge is 2.29. The molecule has 0 amide bonds. The smallest absolute Gasteiger partial charge is 0.138 e. The third-order valence-electron chi connectivity index (χ3n) is 4.44. The Morgan fingerprint density at radius 3 is 2.81 bits per heavy atom. The molecule has 2 atom stereocenters. The lowest BCUT2D eigenvalue weighted by atomic mass is 10.0. The van der Waals surface area contributed by atoms with E-state index in [2.05, 4.69) is 46.2 Å². The molecule has 2 heterocycles. The number of hydrogen-bond acceptors (Lipinski definition) is 5. The molecule has 1 aliphatic heterocycles. The Kier molecular flexibility index (Phi) is 6.14. The van der Waals surface area contributed by atoms with Crippen LogP contribution in [0.25, 0.3) is 0 Å². The van der Waals surface area contributed by atoms with Gasteiger partial charge in [-0.2, -0.15) is 5.10 Å². The van der Waals surface area contributed by atoms with E-state index in [1.54, 1.807) is 6.33 Å². The average molecular weight is 294 g/mol. The monoisotopic (exact) mass is 294 g/mol. The summed E-state index contributed by atoms with van der Waals surface area (Å²) in [5.41, 5.74) is 0. The van der Waals surface area contributed by atoms with Crippen LogP contribution in [0.15, 0.2) is 6.33 Å². The number of likely N-dealkylation sites (N-methyl/N-ethyl adjacent to an activating group) is 2. The van der Waals surface area contributed by atoms with E-state index < -0.39 is 0 Å². The molecule has 1 N–H and O–H groups in total. The first kappa shape index (κ1) is 16.4. The number of nitrogens with zero attached hydrogens (tertiary/aromatic N) is 5. The van der Waals surface area contributed by atoms with Gasteiger partial charge < -0.3 is 15.1 Å². The Balaban J connectivity index is 2.11. The van der Waals surface area contributed by atoms with Gasteiger partial charge in [0, 0.05) is 32.1 Å². The summed E-state index contributed by atoms with van der Waals surface area (Å²) >= 11 is 0. The Morgan fingerprint density at radius 2 is 2.14 bits per heavy atom. The van der Waals surface area contributed by atoms with E-state index >= 15 is 0 Å². The molecule has 0 saturated carbocycles. The van der Waals surface area contributed by atoms with Crippen LogP contribution in [0, 0.1) is 0 Å². The second-order valence-electron chi connectivity index (χ2n) is 6.23. The van der Waals surface area contributed by atoms with E-state index in [9.17, 15) is 0 Å². The van der Waals surface area contributed by atoms with Crippen molar-refractivity contribution in [2.45, 2.75) is 38.3 Å². The molecule has 0 aliphatic carbocycles. The molecule has 21 heavy (non-hydrogen) atoms. The van der Waals surface area contributed by atoms with Crippen molar-refractivity contribution in [1.82, 2.24) is 29.9 Å². The summed E-state index contributed by atoms with van der Waals surface area (Å²) in [6.07, 6.45) is 4.98. The van der Waals surface area contributed by atoms with E-state index in [0.29, 0.717) is 12.1 Å². The molecule has 0 spiro atoms. The highest BCUT2D eigenvalue weighted by Crippen LogP contribution is 2.13. The molecule has 0 aromatic carbocycles. The Labute approximate surface area is 128 Å². The van der Waals surface area contributed by atoms with Crippen molar-refractivity contribution in [3.8, 4) is 0 Å². The van der Waals surface area contributed by atoms with Gasteiger partial charge >= 0.3 is 0 Å². The maximum absolute atomic E-state index is 4.41. The lowest BCUT2D eigenvalue weighted by Gasteiger charge is -2.35. The Hall–Kier alpha value is -0.980. The van der Waals surface area contributed by atoms with Gasteiger partial charge in [0.25, 0.3) is 0 Å². The minimum absolute atomic E-state index is 0.415. The third kappa shape index (κ3) is 4.49. The van der Waals surface area contributed by atoms with Gasteiger partial charge in [-0.05, 0) is 46.6 Å². The molecule has 6 nitrogen and oxygen atoms in total. The number of aryl methyl sites for hydroxylation is 1. The lowest BCUT2D eigenvalue weighted by Crippen LogP contribution is -2.53. The van der Waals surface area contributed by atoms with Gasteiger partial charge in [-0.25, -0.2) is 4.98 Å². The van der Waals surface area contributed by atoms with Gasteiger partial charge in [0.05, 0.1) is 0 Å². The molecule has 1 saturated heterocycles. The topological polar surface area (TPSA) is 49.2 Å². The van der Waals surface area contributed by atoms with Gasteiger partial charge in [0.15, 0.2) is 0 Å². The summed E-state index contributed by atoms with van der Waals surface area (Å²) in [6.45, 7) is 6.73. The predicted molar refractivity (Wildman–Crippen MR) is 85.3 cm³/mol. The van der Waals surface area contributed by atoms with Crippen molar-refractivity contribution in [2.75, 3.05) is 40.3 Å². The van der Waals surface area contributed by atoms with Crippen molar-refractivity contribution in [3.05, 3.63) is 12.2 Å². The largest absolute Gasteiger partial charge is 0.312 e. The second kappa shape index (κ2) is 7.87. The highest BCUT2D eigenvalue weighted by molar-refractivity contribution is 4.96. The van der Waals surface area contributed by atoms with Crippen LogP contribution in [0.1, 0.15) is 25.6 Å². The standard InChI is InChI=1S/C15H30N6/c1-5-7-16-13(10-15-17-12-18-21(15)4)14-11-19(2)8-6-9-20(14)3/h12-14,16H,5-11H2,1-4H3. The summed E-state index contributed by atoms with van der Waals surface area (Å²) in [5, 5.41) is 7.94. The maximum atomic E-state index is 4.41. The SMILES string of the molecule is CCCNC(Cc1ncnn1C)C1CN(C)CCCN1C. The molecular weight excluding hydrogens is 264 g/mol. The first-order chi connectivity index (χ1) is 10.1. The van der Waals surface area contributed by atoms with Gasteiger partial charge in [-0.3, -0.25) is 4.68 Å². The fourth-order valence-electron chi connectivity index (χ4n) is 3.12. The zero-order valence-corrected chi connectivity index (χ0v) is 13.9. The molecule has 2 rings (SSSR count). The van der Waals surface area contributed by atoms with Gasteiger partial charge in [0.1, 0.15) is 12.2 Å². The normalized spacial score (nSPS) is 23.1. The minimum atomic E-state index is 0.415. The van der Waals surface area contributed by atoms with Crippen molar-refractivity contribution < 1.29 is 0 Å². The zero-order valence-electron chi connectivity index (χ0n) is 13.9. The number of rotatable bonds is 6. The van der Waals surface area contributed by atoms with E-state index in [1.165, 1.54) is 13.0 Å². The Bertz CT molecular complexity index is 418. The molecule has 1 aliphatic rings.